The molecule has 0 unspecified atom stereocenters. The van der Waals surface area contributed by atoms with Gasteiger partial charge in [-0.05, 0) is 17.5 Å². The van der Waals surface area contributed by atoms with Crippen molar-refractivity contribution in [1.29, 1.82) is 0 Å². The summed E-state index contributed by atoms with van der Waals surface area (Å²) in [5.74, 6) is 0.267. The third-order valence-electron chi connectivity index (χ3n) is 0.956. The van der Waals surface area contributed by atoms with Crippen molar-refractivity contribution in [2.75, 3.05) is 7.11 Å². The lowest BCUT2D eigenvalue weighted by atomic mass is 10.6. The Morgan fingerprint density at radius 1 is 1.70 bits per heavy atom. The number of rotatable bonds is 1. The van der Waals surface area contributed by atoms with Crippen molar-refractivity contribution in [3.63, 3.8) is 0 Å². The predicted molar refractivity (Wildman–Crippen MR) is 35.6 cm³/mol. The maximum Gasteiger partial charge on any atom is 0.310 e. The van der Waals surface area contributed by atoms with Crippen LogP contribution >= 0.6 is 12.6 Å². The summed E-state index contributed by atoms with van der Waals surface area (Å²) in [5, 5.41) is 14.2. The van der Waals surface area contributed by atoms with Crippen LogP contribution in [0.5, 0.6) is 5.88 Å². The summed E-state index contributed by atoms with van der Waals surface area (Å²) in [6.45, 7) is 0. The van der Waals surface area contributed by atoms with E-state index in [4.69, 9.17) is 0 Å². The van der Waals surface area contributed by atoms with Gasteiger partial charge in [0.15, 0.2) is 0 Å². The number of nitrogens with zero attached hydrogens (tertiary/aromatic N) is 2. The maximum absolute atomic E-state index is 10.6. The van der Waals surface area contributed by atoms with Crippen LogP contribution in [0.2, 0.25) is 0 Å². The van der Waals surface area contributed by atoms with E-state index in [1.165, 1.54) is 19.2 Å². The Morgan fingerprint density at radius 3 is 2.90 bits per heavy atom. The third kappa shape index (κ3) is 1.24. The summed E-state index contributed by atoms with van der Waals surface area (Å²) in [4.78, 5) is 0.341. The molecule has 0 aliphatic rings. The van der Waals surface area contributed by atoms with Crippen molar-refractivity contribution in [3.05, 3.63) is 17.3 Å². The molecule has 0 amide bonds. The molecule has 53 valence electrons. The fourth-order valence-electron chi connectivity index (χ4n) is 0.487. The van der Waals surface area contributed by atoms with Gasteiger partial charge in [0, 0.05) is 12.1 Å². The van der Waals surface area contributed by atoms with E-state index in [-0.39, 0.29) is 10.9 Å². The van der Waals surface area contributed by atoms with Crippen molar-refractivity contribution in [1.82, 2.24) is 5.10 Å². The molecular weight excluding hydrogens is 152 g/mol. The first kappa shape index (κ1) is 7.01. The van der Waals surface area contributed by atoms with Crippen molar-refractivity contribution >= 4 is 12.6 Å². The van der Waals surface area contributed by atoms with Crippen LogP contribution < -0.4 is 9.58 Å². The minimum Gasteiger partial charge on any atom is -0.593 e. The van der Waals surface area contributed by atoms with E-state index in [0.717, 1.165) is 0 Å². The molecule has 0 bridgehead atoms. The number of hydrogen-bond donors (Lipinski definition) is 0. The maximum atomic E-state index is 10.6. The Balaban J connectivity index is 3.04. The minimum absolute atomic E-state index is 0.140. The third-order valence-corrected chi connectivity index (χ3v) is 1.25. The number of aromatic nitrogens is 2. The molecule has 10 heavy (non-hydrogen) atoms. The lowest BCUT2D eigenvalue weighted by molar-refractivity contribution is -0.706. The van der Waals surface area contributed by atoms with E-state index in [2.05, 4.69) is 22.5 Å². The number of ether oxygens (including phenoxy) is 1. The van der Waals surface area contributed by atoms with Crippen LogP contribution in [-0.4, -0.2) is 12.2 Å². The first-order valence-corrected chi connectivity index (χ1v) is 2.97. The van der Waals surface area contributed by atoms with Crippen LogP contribution in [0.1, 0.15) is 0 Å². The van der Waals surface area contributed by atoms with Crippen molar-refractivity contribution in [2.45, 2.75) is 5.03 Å². The van der Waals surface area contributed by atoms with Crippen LogP contribution in [0.3, 0.4) is 0 Å². The van der Waals surface area contributed by atoms with E-state index in [1.807, 2.05) is 0 Å². The average Bonchev–Trinajstić information content (AvgIpc) is 1.95. The van der Waals surface area contributed by atoms with Crippen molar-refractivity contribution in [2.24, 2.45) is 0 Å². The second-order valence-electron chi connectivity index (χ2n) is 1.59. The molecule has 0 aliphatic carbocycles. The molecule has 0 saturated carbocycles. The average molecular weight is 157 g/mol. The SMILES string of the molecule is COc1ccc([S])[n+]([O-])n1. The van der Waals surface area contributed by atoms with Crippen LogP contribution in [0, 0.1) is 5.21 Å². The molecule has 1 radical (unpaired) electrons. The molecule has 1 aromatic rings. The fourth-order valence-corrected chi connectivity index (χ4v) is 0.596. The Morgan fingerprint density at radius 2 is 2.40 bits per heavy atom. The second-order valence-corrected chi connectivity index (χ2v) is 2.01. The quantitative estimate of drug-likeness (QED) is 0.434. The minimum atomic E-state index is 0.140. The monoisotopic (exact) mass is 157 g/mol. The van der Waals surface area contributed by atoms with E-state index in [1.54, 1.807) is 0 Å². The van der Waals surface area contributed by atoms with Crippen LogP contribution in [0.25, 0.3) is 0 Å². The summed E-state index contributed by atoms with van der Waals surface area (Å²) in [6.07, 6.45) is 0. The fraction of sp³-hybridized carbons (Fsp3) is 0.200. The highest BCUT2D eigenvalue weighted by Crippen LogP contribution is 2.03. The summed E-state index contributed by atoms with van der Waals surface area (Å²) >= 11 is 4.59. The zero-order valence-electron chi connectivity index (χ0n) is 5.27. The predicted octanol–water partition coefficient (Wildman–Crippen LogP) is 0.280. The topological polar surface area (TPSA) is 49.1 Å². The molecule has 0 N–H and O–H groups in total. The zero-order valence-corrected chi connectivity index (χ0v) is 6.09. The Hall–Kier alpha value is -1.10. The molecule has 0 aliphatic heterocycles. The van der Waals surface area contributed by atoms with E-state index in [9.17, 15) is 5.21 Å². The molecule has 0 atom stereocenters. The van der Waals surface area contributed by atoms with Crippen LogP contribution in [-0.2, 0) is 0 Å². The van der Waals surface area contributed by atoms with Gasteiger partial charge in [0.25, 0.3) is 5.88 Å². The molecule has 0 fully saturated rings. The van der Waals surface area contributed by atoms with E-state index < -0.39 is 0 Å². The highest BCUT2D eigenvalue weighted by molar-refractivity contribution is 7.80. The van der Waals surface area contributed by atoms with Crippen LogP contribution in [0.4, 0.5) is 0 Å². The molecule has 4 nitrogen and oxygen atoms in total. The van der Waals surface area contributed by atoms with Gasteiger partial charge in [-0.2, -0.15) is 0 Å². The molecule has 1 aromatic heterocycles. The van der Waals surface area contributed by atoms with Gasteiger partial charge in [-0.1, -0.05) is 0 Å². The number of methoxy groups -OCH3 is 1. The largest absolute Gasteiger partial charge is 0.593 e. The summed E-state index contributed by atoms with van der Waals surface area (Å²) in [7, 11) is 1.44. The van der Waals surface area contributed by atoms with Gasteiger partial charge in [0.2, 0.25) is 0 Å². The summed E-state index contributed by atoms with van der Waals surface area (Å²) in [6, 6.07) is 3.00. The smallest absolute Gasteiger partial charge is 0.310 e. The molecule has 0 spiro atoms. The summed E-state index contributed by atoms with van der Waals surface area (Å²) < 4.78 is 4.67. The van der Waals surface area contributed by atoms with E-state index in [0.29, 0.717) is 4.85 Å². The number of hydrogen-bond acceptors (Lipinski definition) is 3. The first-order chi connectivity index (χ1) is 4.74. The van der Waals surface area contributed by atoms with Gasteiger partial charge < -0.3 is 9.94 Å². The van der Waals surface area contributed by atoms with Crippen LogP contribution in [0.15, 0.2) is 17.2 Å². The lowest BCUT2D eigenvalue weighted by Gasteiger charge is -1.96. The van der Waals surface area contributed by atoms with Crippen molar-refractivity contribution < 1.29 is 9.58 Å². The zero-order chi connectivity index (χ0) is 7.56. The Bertz CT molecular complexity index is 241. The summed E-state index contributed by atoms with van der Waals surface area (Å²) in [5.41, 5.74) is 0. The highest BCUT2D eigenvalue weighted by Gasteiger charge is 2.03. The Kier molecular flexibility index (Phi) is 1.86. The molecule has 1 heterocycles. The molecule has 5 heteroatoms. The molecule has 0 aromatic carbocycles. The van der Waals surface area contributed by atoms with Gasteiger partial charge in [0.1, 0.15) is 0 Å². The van der Waals surface area contributed by atoms with Gasteiger partial charge in [-0.3, -0.25) is 0 Å². The van der Waals surface area contributed by atoms with Gasteiger partial charge in [0.05, 0.1) is 12.2 Å². The second kappa shape index (κ2) is 2.66. The molecular formula is C5H5N2O2S. The van der Waals surface area contributed by atoms with Crippen molar-refractivity contribution in [3.8, 4) is 5.88 Å². The lowest BCUT2D eigenvalue weighted by Crippen LogP contribution is -2.32. The Labute approximate surface area is 63.4 Å². The van der Waals surface area contributed by atoms with Gasteiger partial charge in [-0.25, -0.2) is 0 Å². The highest BCUT2D eigenvalue weighted by atomic mass is 32.1. The van der Waals surface area contributed by atoms with E-state index >= 15 is 0 Å². The van der Waals surface area contributed by atoms with Gasteiger partial charge >= 0.3 is 5.03 Å². The van der Waals surface area contributed by atoms with Gasteiger partial charge in [-0.15, -0.1) is 0 Å². The normalized spacial score (nSPS) is 9.30. The molecule has 1 rings (SSSR count). The molecule has 0 saturated heterocycles. The first-order valence-electron chi connectivity index (χ1n) is 2.56. The standard InChI is InChI=1S/C5H5N2O2S/c1-9-4-2-3-5(10)7(8)6-4/h2-3H,1H3.